The molecule has 2 nitrogen and oxygen atoms in total. The zero-order chi connectivity index (χ0) is 11.0. The van der Waals surface area contributed by atoms with Crippen molar-refractivity contribution < 1.29 is 0 Å². The number of hydrogen-bond acceptors (Lipinski definition) is 3. The Kier molecular flexibility index (Phi) is 6.58. The lowest BCUT2D eigenvalue weighted by atomic mass is 10.5. The Hall–Kier alpha value is -1.22. The Morgan fingerprint density at radius 1 is 1.29 bits per heavy atom. The lowest BCUT2D eigenvalue weighted by molar-refractivity contribution is 1.30. The summed E-state index contributed by atoms with van der Waals surface area (Å²) in [7, 11) is 0. The lowest BCUT2D eigenvalue weighted by Gasteiger charge is -1.80. The van der Waals surface area contributed by atoms with Gasteiger partial charge in [0.05, 0.1) is 21.4 Å². The number of hydrogen-bond donors (Lipinski definition) is 0. The fraction of sp³-hybridized carbons (Fsp3) is 0.273. The van der Waals surface area contributed by atoms with E-state index in [0.29, 0.717) is 0 Å². The average molecular weight is 208 g/mol. The van der Waals surface area contributed by atoms with Crippen LogP contribution in [0.25, 0.3) is 10.2 Å². The predicted molar refractivity (Wildman–Crippen MR) is 64.8 cm³/mol. The average Bonchev–Trinajstić information content (AvgIpc) is 2.64. The summed E-state index contributed by atoms with van der Waals surface area (Å²) in [6.45, 7) is 12.0. The maximum atomic E-state index is 4.27. The molecule has 0 N–H and O–H groups in total. The number of aromatic nitrogens is 2. The molecule has 0 saturated heterocycles. The van der Waals surface area contributed by atoms with Crippen LogP contribution in [0.5, 0.6) is 0 Å². The third-order valence-corrected chi connectivity index (χ3v) is 2.25. The van der Waals surface area contributed by atoms with E-state index < -0.39 is 0 Å². The summed E-state index contributed by atoms with van der Waals surface area (Å²) in [6, 6.07) is 1.99. The van der Waals surface area contributed by atoms with Crippen LogP contribution in [0.2, 0.25) is 0 Å². The van der Waals surface area contributed by atoms with Crippen molar-refractivity contribution in [2.24, 2.45) is 0 Å². The predicted octanol–water partition coefficient (Wildman–Crippen LogP) is 3.83. The molecule has 2 aromatic rings. The number of fused-ring (bicyclic) bond motifs is 1. The van der Waals surface area contributed by atoms with E-state index in [1.165, 1.54) is 4.70 Å². The highest BCUT2D eigenvalue weighted by Gasteiger charge is 1.96. The minimum absolute atomic E-state index is 1.00. The molecule has 2 heterocycles. The topological polar surface area (TPSA) is 25.8 Å². The molecule has 0 bridgehead atoms. The quantitative estimate of drug-likeness (QED) is 0.615. The van der Waals surface area contributed by atoms with E-state index in [9.17, 15) is 0 Å². The van der Waals surface area contributed by atoms with Gasteiger partial charge in [0.1, 0.15) is 0 Å². The molecule has 0 aliphatic rings. The Bertz CT molecular complexity index is 335. The number of aryl methyl sites for hydroxylation is 1. The molecule has 0 spiro atoms. The second kappa shape index (κ2) is 7.21. The SMILES string of the molecule is C=C.CC.Cc1nc2cnccc2s1. The second-order valence-corrected chi connectivity index (χ2v) is 3.31. The zero-order valence-corrected chi connectivity index (χ0v) is 9.77. The van der Waals surface area contributed by atoms with Crippen molar-refractivity contribution in [1.82, 2.24) is 9.97 Å². The highest BCUT2D eigenvalue weighted by atomic mass is 32.1. The molecule has 0 aromatic carbocycles. The lowest BCUT2D eigenvalue weighted by Crippen LogP contribution is -1.69. The number of thiazole rings is 1. The third-order valence-electron chi connectivity index (χ3n) is 1.30. The fourth-order valence-electron chi connectivity index (χ4n) is 0.895. The summed E-state index contributed by atoms with van der Waals surface area (Å²) in [5, 5.41) is 1.10. The van der Waals surface area contributed by atoms with Crippen molar-refractivity contribution in [3.05, 3.63) is 36.6 Å². The molecule has 14 heavy (non-hydrogen) atoms. The van der Waals surface area contributed by atoms with Gasteiger partial charge < -0.3 is 0 Å². The van der Waals surface area contributed by atoms with Gasteiger partial charge in [-0.2, -0.15) is 0 Å². The highest BCUT2D eigenvalue weighted by Crippen LogP contribution is 2.18. The number of nitrogens with zero attached hydrogens (tertiary/aromatic N) is 2. The van der Waals surface area contributed by atoms with Gasteiger partial charge >= 0.3 is 0 Å². The molecule has 0 amide bonds. The molecule has 0 unspecified atom stereocenters. The fourth-order valence-corrected chi connectivity index (χ4v) is 1.69. The van der Waals surface area contributed by atoms with E-state index >= 15 is 0 Å². The summed E-state index contributed by atoms with van der Waals surface area (Å²) in [4.78, 5) is 8.24. The molecule has 3 heteroatoms. The van der Waals surface area contributed by atoms with Gasteiger partial charge in [-0.05, 0) is 13.0 Å². The Balaban J connectivity index is 0.000000379. The maximum absolute atomic E-state index is 4.27. The summed E-state index contributed by atoms with van der Waals surface area (Å²) in [6.07, 6.45) is 3.58. The zero-order valence-electron chi connectivity index (χ0n) is 8.95. The molecular formula is C11H16N2S. The van der Waals surface area contributed by atoms with Crippen molar-refractivity contribution in [1.29, 1.82) is 0 Å². The van der Waals surface area contributed by atoms with E-state index in [1.54, 1.807) is 23.7 Å². The van der Waals surface area contributed by atoms with E-state index in [2.05, 4.69) is 23.1 Å². The molecule has 0 fully saturated rings. The first-order valence-corrected chi connectivity index (χ1v) is 5.35. The largest absolute Gasteiger partial charge is 0.262 e. The van der Waals surface area contributed by atoms with E-state index in [0.717, 1.165) is 10.5 Å². The Morgan fingerprint density at radius 3 is 2.50 bits per heavy atom. The molecule has 76 valence electrons. The van der Waals surface area contributed by atoms with Crippen molar-refractivity contribution in [2.75, 3.05) is 0 Å². The number of rotatable bonds is 0. The van der Waals surface area contributed by atoms with Gasteiger partial charge in [-0.25, -0.2) is 4.98 Å². The van der Waals surface area contributed by atoms with Crippen LogP contribution in [-0.4, -0.2) is 9.97 Å². The second-order valence-electron chi connectivity index (χ2n) is 2.08. The Morgan fingerprint density at radius 2 is 1.93 bits per heavy atom. The van der Waals surface area contributed by atoms with Crippen LogP contribution in [0.4, 0.5) is 0 Å². The van der Waals surface area contributed by atoms with Gasteiger partial charge in [0.25, 0.3) is 0 Å². The molecule has 0 radical (unpaired) electrons. The highest BCUT2D eigenvalue weighted by molar-refractivity contribution is 7.18. The molecule has 0 aliphatic heterocycles. The molecular weight excluding hydrogens is 192 g/mol. The van der Waals surface area contributed by atoms with Crippen molar-refractivity contribution in [3.63, 3.8) is 0 Å². The maximum Gasteiger partial charge on any atom is 0.0998 e. The first kappa shape index (κ1) is 12.8. The van der Waals surface area contributed by atoms with Crippen molar-refractivity contribution in [2.45, 2.75) is 20.8 Å². The summed E-state index contributed by atoms with van der Waals surface area (Å²) in [5.74, 6) is 0. The normalized spacial score (nSPS) is 8.21. The van der Waals surface area contributed by atoms with Crippen molar-refractivity contribution in [3.8, 4) is 0 Å². The Labute approximate surface area is 89.3 Å². The van der Waals surface area contributed by atoms with Gasteiger partial charge in [-0.1, -0.05) is 13.8 Å². The molecule has 0 saturated carbocycles. The van der Waals surface area contributed by atoms with Gasteiger partial charge in [-0.15, -0.1) is 24.5 Å². The van der Waals surface area contributed by atoms with Gasteiger partial charge in [0.15, 0.2) is 0 Å². The first-order valence-electron chi connectivity index (χ1n) is 4.53. The van der Waals surface area contributed by atoms with Crippen LogP contribution in [0.1, 0.15) is 18.9 Å². The first-order chi connectivity index (χ1) is 6.86. The van der Waals surface area contributed by atoms with Crippen LogP contribution < -0.4 is 0 Å². The smallest absolute Gasteiger partial charge is 0.0998 e. The minimum Gasteiger partial charge on any atom is -0.262 e. The van der Waals surface area contributed by atoms with Crippen LogP contribution in [0.3, 0.4) is 0 Å². The van der Waals surface area contributed by atoms with Crippen molar-refractivity contribution >= 4 is 21.6 Å². The van der Waals surface area contributed by atoms with E-state index in [4.69, 9.17) is 0 Å². The van der Waals surface area contributed by atoms with Gasteiger partial charge in [-0.3, -0.25) is 4.98 Å². The molecule has 0 atom stereocenters. The summed E-state index contributed by atoms with van der Waals surface area (Å²) < 4.78 is 1.22. The standard InChI is InChI=1S/C7H6N2S.C2H6.C2H4/c1-5-9-6-4-8-3-2-7(6)10-5;2*1-2/h2-4H,1H3;1-2H3;1-2H2. The van der Waals surface area contributed by atoms with Gasteiger partial charge in [0.2, 0.25) is 0 Å². The summed E-state index contributed by atoms with van der Waals surface area (Å²) in [5.41, 5.74) is 1.00. The van der Waals surface area contributed by atoms with Gasteiger partial charge in [0, 0.05) is 6.20 Å². The van der Waals surface area contributed by atoms with Crippen LogP contribution >= 0.6 is 11.3 Å². The monoisotopic (exact) mass is 208 g/mol. The van der Waals surface area contributed by atoms with Crippen LogP contribution in [0.15, 0.2) is 31.6 Å². The third kappa shape index (κ3) is 3.26. The molecule has 0 aliphatic carbocycles. The molecule has 2 aromatic heterocycles. The van der Waals surface area contributed by atoms with Crippen LogP contribution in [-0.2, 0) is 0 Å². The van der Waals surface area contributed by atoms with E-state index in [1.807, 2.05) is 26.8 Å². The minimum atomic E-state index is 1.00. The van der Waals surface area contributed by atoms with Crippen LogP contribution in [0, 0.1) is 6.92 Å². The molecule has 2 rings (SSSR count). The summed E-state index contributed by atoms with van der Waals surface area (Å²) >= 11 is 1.70. The number of pyridine rings is 1. The van der Waals surface area contributed by atoms with E-state index in [-0.39, 0.29) is 0 Å².